The van der Waals surface area contributed by atoms with Gasteiger partial charge in [-0.3, -0.25) is 4.79 Å². The smallest absolute Gasteiger partial charge is 0.247 e. The van der Waals surface area contributed by atoms with Crippen molar-refractivity contribution < 1.29 is 5.11 Å². The van der Waals surface area contributed by atoms with E-state index in [9.17, 15) is 4.79 Å². The van der Waals surface area contributed by atoms with Crippen LogP contribution in [0, 0.1) is 0 Å². The van der Waals surface area contributed by atoms with Crippen LogP contribution in [0.2, 0.25) is 0 Å². The summed E-state index contributed by atoms with van der Waals surface area (Å²) < 4.78 is 0. The second-order valence-electron chi connectivity index (χ2n) is 2.75. The normalized spacial score (nSPS) is 15.6. The predicted molar refractivity (Wildman–Crippen MR) is 45.7 cm³/mol. The van der Waals surface area contributed by atoms with Crippen molar-refractivity contribution in [3.8, 4) is 0 Å². The van der Waals surface area contributed by atoms with Gasteiger partial charge in [0, 0.05) is 12.3 Å². The molecule has 0 aliphatic rings. The van der Waals surface area contributed by atoms with Crippen molar-refractivity contribution in [2.24, 2.45) is 5.73 Å². The minimum Gasteiger partial charge on any atom is -0.391 e. The van der Waals surface area contributed by atoms with Crippen LogP contribution in [0.4, 0.5) is 0 Å². The lowest BCUT2D eigenvalue weighted by atomic mass is 10.1. The molecule has 1 aromatic rings. The highest BCUT2D eigenvalue weighted by Gasteiger charge is 2.10. The third-order valence-electron chi connectivity index (χ3n) is 1.71. The summed E-state index contributed by atoms with van der Waals surface area (Å²) in [5.41, 5.74) is 6.17. The molecule has 1 aromatic heterocycles. The van der Waals surface area contributed by atoms with Gasteiger partial charge in [0.05, 0.1) is 12.1 Å². The zero-order valence-electron chi connectivity index (χ0n) is 6.82. The van der Waals surface area contributed by atoms with Crippen LogP contribution in [-0.4, -0.2) is 16.2 Å². The maximum absolute atomic E-state index is 10.7. The Hall–Kier alpha value is -1.13. The third kappa shape index (κ3) is 1.93. The number of pyridine rings is 1. The van der Waals surface area contributed by atoms with E-state index in [1.165, 1.54) is 12.3 Å². The monoisotopic (exact) mass is 168 g/mol. The number of hydrogen-bond donors (Lipinski definition) is 3. The molecule has 0 aliphatic carbocycles. The number of aromatic nitrogens is 1. The summed E-state index contributed by atoms with van der Waals surface area (Å²) in [5.74, 6) is 0. The first kappa shape index (κ1) is 8.96. The van der Waals surface area contributed by atoms with Crippen LogP contribution >= 0.6 is 0 Å². The van der Waals surface area contributed by atoms with Gasteiger partial charge in [0.1, 0.15) is 0 Å². The van der Waals surface area contributed by atoms with Crippen LogP contribution in [0.25, 0.3) is 0 Å². The molecule has 0 amide bonds. The Kier molecular flexibility index (Phi) is 2.62. The van der Waals surface area contributed by atoms with Gasteiger partial charge >= 0.3 is 0 Å². The molecular weight excluding hydrogens is 156 g/mol. The zero-order valence-corrected chi connectivity index (χ0v) is 6.82. The summed E-state index contributed by atoms with van der Waals surface area (Å²) in [4.78, 5) is 13.1. The standard InChI is InChI=1S/C8H12N2O2/c1-5(11)8(9)6-2-3-7(12)10-4-6/h2-5,8,11H,9H2,1H3,(H,10,12)/t5-,8+/m1/s1. The van der Waals surface area contributed by atoms with Crippen LogP contribution < -0.4 is 11.3 Å². The molecule has 0 bridgehead atoms. The predicted octanol–water partition coefficient (Wildman–Crippen LogP) is -0.245. The average molecular weight is 168 g/mol. The van der Waals surface area contributed by atoms with E-state index in [1.807, 2.05) is 0 Å². The fourth-order valence-electron chi connectivity index (χ4n) is 0.908. The van der Waals surface area contributed by atoms with Gasteiger partial charge in [-0.1, -0.05) is 6.07 Å². The van der Waals surface area contributed by atoms with E-state index < -0.39 is 12.1 Å². The number of H-pyrrole nitrogens is 1. The molecule has 4 N–H and O–H groups in total. The minimum absolute atomic E-state index is 0.170. The van der Waals surface area contributed by atoms with E-state index >= 15 is 0 Å². The maximum Gasteiger partial charge on any atom is 0.247 e. The Morgan fingerprint density at radius 2 is 2.25 bits per heavy atom. The Labute approximate surface area is 70.0 Å². The molecule has 0 aromatic carbocycles. The first-order valence-corrected chi connectivity index (χ1v) is 3.73. The van der Waals surface area contributed by atoms with E-state index in [1.54, 1.807) is 13.0 Å². The van der Waals surface area contributed by atoms with Crippen molar-refractivity contribution in [1.82, 2.24) is 4.98 Å². The summed E-state index contributed by atoms with van der Waals surface area (Å²) in [6.45, 7) is 1.61. The van der Waals surface area contributed by atoms with Crippen molar-refractivity contribution in [2.75, 3.05) is 0 Å². The van der Waals surface area contributed by atoms with Crippen LogP contribution in [0.5, 0.6) is 0 Å². The summed E-state index contributed by atoms with van der Waals surface area (Å²) in [7, 11) is 0. The quantitative estimate of drug-likeness (QED) is 0.570. The van der Waals surface area contributed by atoms with Crippen LogP contribution in [0.15, 0.2) is 23.1 Å². The van der Waals surface area contributed by atoms with Crippen LogP contribution in [0.3, 0.4) is 0 Å². The molecule has 0 saturated heterocycles. The van der Waals surface area contributed by atoms with Crippen molar-refractivity contribution in [3.63, 3.8) is 0 Å². The van der Waals surface area contributed by atoms with Crippen LogP contribution in [0.1, 0.15) is 18.5 Å². The highest BCUT2D eigenvalue weighted by Crippen LogP contribution is 2.10. The summed E-state index contributed by atoms with van der Waals surface area (Å²) >= 11 is 0. The van der Waals surface area contributed by atoms with E-state index in [-0.39, 0.29) is 5.56 Å². The summed E-state index contributed by atoms with van der Waals surface area (Å²) in [6, 6.07) is 2.55. The first-order valence-electron chi connectivity index (χ1n) is 3.73. The van der Waals surface area contributed by atoms with Crippen LogP contribution in [-0.2, 0) is 0 Å². The Bertz CT molecular complexity index is 286. The molecule has 66 valence electrons. The number of aliphatic hydroxyl groups excluding tert-OH is 1. The number of hydrogen-bond acceptors (Lipinski definition) is 3. The van der Waals surface area contributed by atoms with Gasteiger partial charge in [0.2, 0.25) is 5.56 Å². The number of aromatic amines is 1. The average Bonchev–Trinajstić information content (AvgIpc) is 2.04. The molecule has 0 spiro atoms. The fraction of sp³-hybridized carbons (Fsp3) is 0.375. The lowest BCUT2D eigenvalue weighted by Crippen LogP contribution is -2.24. The molecule has 0 unspecified atom stereocenters. The summed E-state index contributed by atoms with van der Waals surface area (Å²) in [6.07, 6.45) is 0.899. The molecule has 0 saturated carbocycles. The van der Waals surface area contributed by atoms with Crippen molar-refractivity contribution >= 4 is 0 Å². The highest BCUT2D eigenvalue weighted by atomic mass is 16.3. The third-order valence-corrected chi connectivity index (χ3v) is 1.71. The molecular formula is C8H12N2O2. The molecule has 1 heterocycles. The second kappa shape index (κ2) is 3.51. The van der Waals surface area contributed by atoms with Gasteiger partial charge in [-0.05, 0) is 12.5 Å². The molecule has 0 fully saturated rings. The highest BCUT2D eigenvalue weighted by molar-refractivity contribution is 5.14. The first-order chi connectivity index (χ1) is 5.61. The van der Waals surface area contributed by atoms with Gasteiger partial charge in [0.15, 0.2) is 0 Å². The van der Waals surface area contributed by atoms with Crippen molar-refractivity contribution in [1.29, 1.82) is 0 Å². The number of nitrogens with one attached hydrogen (secondary N) is 1. The second-order valence-corrected chi connectivity index (χ2v) is 2.75. The molecule has 4 heteroatoms. The van der Waals surface area contributed by atoms with E-state index in [0.717, 1.165) is 5.56 Å². The Balaban J connectivity index is 2.89. The van der Waals surface area contributed by atoms with E-state index in [2.05, 4.69) is 4.98 Å². The van der Waals surface area contributed by atoms with Gasteiger partial charge in [-0.25, -0.2) is 0 Å². The zero-order chi connectivity index (χ0) is 9.14. The topological polar surface area (TPSA) is 79.1 Å². The van der Waals surface area contributed by atoms with Crippen molar-refractivity contribution in [2.45, 2.75) is 19.1 Å². The Morgan fingerprint density at radius 3 is 2.67 bits per heavy atom. The van der Waals surface area contributed by atoms with Crippen molar-refractivity contribution in [3.05, 3.63) is 34.2 Å². The van der Waals surface area contributed by atoms with Gasteiger partial charge in [0.25, 0.3) is 0 Å². The number of rotatable bonds is 2. The Morgan fingerprint density at radius 1 is 1.58 bits per heavy atom. The molecule has 1 rings (SSSR count). The molecule has 0 aliphatic heterocycles. The van der Waals surface area contributed by atoms with E-state index in [0.29, 0.717) is 0 Å². The van der Waals surface area contributed by atoms with Gasteiger partial charge in [-0.2, -0.15) is 0 Å². The minimum atomic E-state index is -0.615. The molecule has 4 nitrogen and oxygen atoms in total. The van der Waals surface area contributed by atoms with Gasteiger partial charge in [-0.15, -0.1) is 0 Å². The largest absolute Gasteiger partial charge is 0.391 e. The van der Waals surface area contributed by atoms with E-state index in [4.69, 9.17) is 10.8 Å². The lowest BCUT2D eigenvalue weighted by Gasteiger charge is -2.13. The maximum atomic E-state index is 10.7. The fourth-order valence-corrected chi connectivity index (χ4v) is 0.908. The number of aliphatic hydroxyl groups is 1. The number of nitrogens with two attached hydrogens (primary N) is 1. The SMILES string of the molecule is C[C@@H](O)[C@H](N)c1ccc(=O)[nH]c1. The molecule has 2 atom stereocenters. The van der Waals surface area contributed by atoms with Gasteiger partial charge < -0.3 is 15.8 Å². The molecule has 12 heavy (non-hydrogen) atoms. The lowest BCUT2D eigenvalue weighted by molar-refractivity contribution is 0.164. The summed E-state index contributed by atoms with van der Waals surface area (Å²) in [5, 5.41) is 9.13. The molecule has 0 radical (unpaired) electrons.